The molecule has 0 unspecified atom stereocenters. The molecule has 0 spiro atoms. The van der Waals surface area contributed by atoms with Crippen molar-refractivity contribution in [2.45, 2.75) is 6.04 Å². The van der Waals surface area contributed by atoms with E-state index >= 15 is 0 Å². The lowest BCUT2D eigenvalue weighted by Gasteiger charge is -2.24. The van der Waals surface area contributed by atoms with Gasteiger partial charge >= 0.3 is 0 Å². The van der Waals surface area contributed by atoms with Gasteiger partial charge in [0.25, 0.3) is 5.91 Å². The second kappa shape index (κ2) is 6.67. The lowest BCUT2D eigenvalue weighted by atomic mass is 10.1. The van der Waals surface area contributed by atoms with E-state index in [9.17, 15) is 4.79 Å². The van der Waals surface area contributed by atoms with Crippen LogP contribution in [0.2, 0.25) is 0 Å². The summed E-state index contributed by atoms with van der Waals surface area (Å²) in [6.07, 6.45) is 0. The Morgan fingerprint density at radius 1 is 1.09 bits per heavy atom. The van der Waals surface area contributed by atoms with Crippen molar-refractivity contribution in [1.29, 1.82) is 0 Å². The third-order valence-corrected chi connectivity index (χ3v) is 3.91. The first-order chi connectivity index (χ1) is 11.1. The highest BCUT2D eigenvalue weighted by molar-refractivity contribution is 5.96. The van der Waals surface area contributed by atoms with E-state index in [-0.39, 0.29) is 11.9 Å². The van der Waals surface area contributed by atoms with Crippen LogP contribution in [0, 0.1) is 0 Å². The molecule has 118 valence electrons. The van der Waals surface area contributed by atoms with Crippen LogP contribution >= 0.6 is 0 Å². The highest BCUT2D eigenvalue weighted by atomic mass is 16.3. The summed E-state index contributed by atoms with van der Waals surface area (Å²) in [5.74, 6) is 0.153. The molecule has 0 saturated carbocycles. The van der Waals surface area contributed by atoms with Gasteiger partial charge in [0, 0.05) is 11.9 Å². The minimum Gasteiger partial charge on any atom is -0.451 e. The zero-order valence-corrected chi connectivity index (χ0v) is 13.3. The first-order valence-electron chi connectivity index (χ1n) is 7.63. The zero-order chi connectivity index (χ0) is 16.2. The molecule has 0 saturated heterocycles. The first kappa shape index (κ1) is 15.3. The van der Waals surface area contributed by atoms with E-state index in [1.54, 1.807) is 6.07 Å². The Morgan fingerprint density at radius 3 is 2.48 bits per heavy atom. The number of benzene rings is 2. The third-order valence-electron chi connectivity index (χ3n) is 3.91. The van der Waals surface area contributed by atoms with Crippen LogP contribution in [-0.4, -0.2) is 31.4 Å². The van der Waals surface area contributed by atoms with Crippen molar-refractivity contribution >= 4 is 16.9 Å². The fraction of sp³-hybridized carbons (Fsp3) is 0.211. The predicted molar refractivity (Wildman–Crippen MR) is 91.4 cm³/mol. The van der Waals surface area contributed by atoms with Crippen molar-refractivity contribution in [2.24, 2.45) is 0 Å². The van der Waals surface area contributed by atoms with Gasteiger partial charge in [-0.2, -0.15) is 0 Å². The number of carbonyl (C=O) groups is 1. The number of hydrogen-bond acceptors (Lipinski definition) is 3. The van der Waals surface area contributed by atoms with E-state index in [0.29, 0.717) is 12.3 Å². The Labute approximate surface area is 135 Å². The number of carbonyl (C=O) groups excluding carboxylic acids is 1. The van der Waals surface area contributed by atoms with E-state index in [4.69, 9.17) is 4.42 Å². The number of fused-ring (bicyclic) bond motifs is 1. The lowest BCUT2D eigenvalue weighted by Crippen LogP contribution is -2.34. The molecule has 1 atom stereocenters. The Hall–Kier alpha value is -2.59. The highest BCUT2D eigenvalue weighted by Gasteiger charge is 2.17. The van der Waals surface area contributed by atoms with Crippen LogP contribution in [0.5, 0.6) is 0 Å². The summed E-state index contributed by atoms with van der Waals surface area (Å²) >= 11 is 0. The quantitative estimate of drug-likeness (QED) is 0.785. The molecule has 0 aliphatic heterocycles. The number of nitrogens with zero attached hydrogens (tertiary/aromatic N) is 1. The van der Waals surface area contributed by atoms with Gasteiger partial charge in [0.15, 0.2) is 5.76 Å². The number of hydrogen-bond donors (Lipinski definition) is 1. The highest BCUT2D eigenvalue weighted by Crippen LogP contribution is 2.20. The molecular formula is C19H20N2O2. The van der Waals surface area contributed by atoms with Crippen LogP contribution in [0.25, 0.3) is 11.0 Å². The SMILES string of the molecule is CN(C)[C@@H](CNC(=O)c1cc2ccccc2o1)c1ccccc1. The summed E-state index contributed by atoms with van der Waals surface area (Å²) < 4.78 is 5.60. The Kier molecular flexibility index (Phi) is 4.44. The van der Waals surface area contributed by atoms with Crippen LogP contribution in [-0.2, 0) is 0 Å². The molecule has 1 N–H and O–H groups in total. The van der Waals surface area contributed by atoms with Gasteiger partial charge in [-0.05, 0) is 31.8 Å². The molecule has 3 rings (SSSR count). The number of nitrogens with one attached hydrogen (secondary N) is 1. The molecule has 0 aliphatic carbocycles. The van der Waals surface area contributed by atoms with Crippen molar-refractivity contribution in [2.75, 3.05) is 20.6 Å². The van der Waals surface area contributed by atoms with E-state index in [2.05, 4.69) is 22.3 Å². The minimum absolute atomic E-state index is 0.115. The van der Waals surface area contributed by atoms with Gasteiger partial charge < -0.3 is 14.6 Å². The van der Waals surface area contributed by atoms with Crippen LogP contribution in [0.3, 0.4) is 0 Å². The lowest BCUT2D eigenvalue weighted by molar-refractivity contribution is 0.0916. The number of amides is 1. The van der Waals surface area contributed by atoms with Crippen molar-refractivity contribution in [1.82, 2.24) is 10.2 Å². The molecule has 3 aromatic rings. The maximum atomic E-state index is 12.3. The van der Waals surface area contributed by atoms with Gasteiger partial charge in [0.05, 0.1) is 6.04 Å². The van der Waals surface area contributed by atoms with E-state index in [1.165, 1.54) is 5.56 Å². The fourth-order valence-electron chi connectivity index (χ4n) is 2.64. The van der Waals surface area contributed by atoms with Gasteiger partial charge in [0.1, 0.15) is 5.58 Å². The summed E-state index contributed by atoms with van der Waals surface area (Å²) in [5.41, 5.74) is 1.90. The fourth-order valence-corrected chi connectivity index (χ4v) is 2.64. The molecule has 0 radical (unpaired) electrons. The molecule has 23 heavy (non-hydrogen) atoms. The van der Waals surface area contributed by atoms with Crippen molar-refractivity contribution in [3.8, 4) is 0 Å². The molecule has 1 heterocycles. The van der Waals surface area contributed by atoms with Crippen molar-refractivity contribution in [3.05, 3.63) is 72.0 Å². The van der Waals surface area contributed by atoms with Gasteiger partial charge in [-0.25, -0.2) is 0 Å². The first-order valence-corrected chi connectivity index (χ1v) is 7.63. The number of para-hydroxylation sites is 1. The van der Waals surface area contributed by atoms with Gasteiger partial charge in [-0.3, -0.25) is 4.79 Å². The second-order valence-electron chi connectivity index (χ2n) is 5.75. The van der Waals surface area contributed by atoms with E-state index in [1.807, 2.05) is 56.6 Å². The van der Waals surface area contributed by atoms with Gasteiger partial charge in [0.2, 0.25) is 0 Å². The molecule has 1 aromatic heterocycles. The standard InChI is InChI=1S/C19H20N2O2/c1-21(2)16(14-8-4-3-5-9-14)13-20-19(22)18-12-15-10-6-7-11-17(15)23-18/h3-12,16H,13H2,1-2H3,(H,20,22)/t16-/m0/s1. The maximum absolute atomic E-state index is 12.3. The molecule has 0 aliphatic rings. The summed E-state index contributed by atoms with van der Waals surface area (Å²) in [5, 5.41) is 3.90. The number of rotatable bonds is 5. The van der Waals surface area contributed by atoms with Gasteiger partial charge in [-0.15, -0.1) is 0 Å². The molecule has 0 bridgehead atoms. The average Bonchev–Trinajstić information content (AvgIpc) is 2.99. The summed E-state index contributed by atoms with van der Waals surface area (Å²) in [4.78, 5) is 14.4. The monoisotopic (exact) mass is 308 g/mol. The molecule has 4 nitrogen and oxygen atoms in total. The largest absolute Gasteiger partial charge is 0.451 e. The van der Waals surface area contributed by atoms with Crippen molar-refractivity contribution in [3.63, 3.8) is 0 Å². The number of furan rings is 1. The normalized spacial score (nSPS) is 12.5. The molecule has 1 amide bonds. The molecular weight excluding hydrogens is 288 g/mol. The number of likely N-dealkylation sites (N-methyl/N-ethyl adjacent to an activating group) is 1. The van der Waals surface area contributed by atoms with E-state index in [0.717, 1.165) is 11.0 Å². The zero-order valence-electron chi connectivity index (χ0n) is 13.3. The summed E-state index contributed by atoms with van der Waals surface area (Å²) in [6, 6.07) is 19.6. The van der Waals surface area contributed by atoms with Crippen LogP contribution in [0.15, 0.2) is 65.1 Å². The second-order valence-corrected chi connectivity index (χ2v) is 5.75. The van der Waals surface area contributed by atoms with Gasteiger partial charge in [-0.1, -0.05) is 48.5 Å². The Bertz CT molecular complexity index is 760. The van der Waals surface area contributed by atoms with Crippen LogP contribution in [0.4, 0.5) is 0 Å². The maximum Gasteiger partial charge on any atom is 0.287 e. The summed E-state index contributed by atoms with van der Waals surface area (Å²) in [6.45, 7) is 0.521. The van der Waals surface area contributed by atoms with Crippen LogP contribution < -0.4 is 5.32 Å². The third kappa shape index (κ3) is 3.43. The smallest absolute Gasteiger partial charge is 0.287 e. The minimum atomic E-state index is -0.191. The van der Waals surface area contributed by atoms with Crippen molar-refractivity contribution < 1.29 is 9.21 Å². The topological polar surface area (TPSA) is 45.5 Å². The average molecular weight is 308 g/mol. The van der Waals surface area contributed by atoms with Crippen LogP contribution in [0.1, 0.15) is 22.2 Å². The molecule has 4 heteroatoms. The molecule has 0 fully saturated rings. The predicted octanol–water partition coefficient (Wildman–Crippen LogP) is 3.47. The Morgan fingerprint density at radius 2 is 1.78 bits per heavy atom. The molecule has 2 aromatic carbocycles. The van der Waals surface area contributed by atoms with E-state index < -0.39 is 0 Å². The Balaban J connectivity index is 1.71. The summed E-state index contributed by atoms with van der Waals surface area (Å²) in [7, 11) is 4.01.